The number of para-hydroxylation sites is 1. The van der Waals surface area contributed by atoms with Gasteiger partial charge in [-0.05, 0) is 30.3 Å². The van der Waals surface area contributed by atoms with Crippen LogP contribution in [0.3, 0.4) is 0 Å². The highest BCUT2D eigenvalue weighted by atomic mass is 35.5. The smallest absolute Gasteiger partial charge is 0.274 e. The fraction of sp³-hybridized carbons (Fsp3) is 0. The number of hydrogen-bond donors (Lipinski definition) is 2. The molecule has 2 N–H and O–H groups in total. The first kappa shape index (κ1) is 13.4. The molecule has 0 aliphatic heterocycles. The molecule has 0 aliphatic carbocycles. The number of aromatic hydroxyl groups is 1. The Labute approximate surface area is 126 Å². The lowest BCUT2D eigenvalue weighted by atomic mass is 10.2. The lowest BCUT2D eigenvalue weighted by Gasteiger charge is -2.06. The third-order valence-corrected chi connectivity index (χ3v) is 3.34. The number of carbonyl (C=O) groups excluding carboxylic acids is 1. The summed E-state index contributed by atoms with van der Waals surface area (Å²) in [5.74, 6) is -0.360. The predicted octanol–water partition coefficient (Wildman–Crippen LogP) is 3.85. The summed E-state index contributed by atoms with van der Waals surface area (Å²) in [5, 5.41) is 13.2. The molecule has 0 saturated carbocycles. The molecular weight excluding hydrogens is 288 g/mol. The summed E-state index contributed by atoms with van der Waals surface area (Å²) in [4.78, 5) is 16.5. The number of fused-ring (bicyclic) bond motifs is 1. The molecule has 3 rings (SSSR count). The van der Waals surface area contributed by atoms with E-state index in [0.29, 0.717) is 11.4 Å². The summed E-state index contributed by atoms with van der Waals surface area (Å²) in [7, 11) is 0. The molecule has 1 aromatic heterocycles. The van der Waals surface area contributed by atoms with Crippen molar-refractivity contribution in [1.29, 1.82) is 0 Å². The maximum absolute atomic E-state index is 12.2. The average molecular weight is 299 g/mol. The first-order chi connectivity index (χ1) is 10.1. The molecule has 0 saturated heterocycles. The zero-order chi connectivity index (χ0) is 14.8. The minimum absolute atomic E-state index is 0.0292. The van der Waals surface area contributed by atoms with Crippen LogP contribution in [0.2, 0.25) is 5.02 Å². The van der Waals surface area contributed by atoms with Gasteiger partial charge in [-0.1, -0.05) is 35.9 Å². The Morgan fingerprint density at radius 1 is 1.10 bits per heavy atom. The summed E-state index contributed by atoms with van der Waals surface area (Å²) in [6.07, 6.45) is 0. The summed E-state index contributed by atoms with van der Waals surface area (Å²) in [6, 6.07) is 15.6. The monoisotopic (exact) mass is 298 g/mol. The van der Waals surface area contributed by atoms with Crippen LogP contribution < -0.4 is 5.32 Å². The topological polar surface area (TPSA) is 62.2 Å². The Morgan fingerprint density at radius 3 is 2.71 bits per heavy atom. The van der Waals surface area contributed by atoms with E-state index < -0.39 is 0 Å². The van der Waals surface area contributed by atoms with Crippen LogP contribution in [-0.4, -0.2) is 16.0 Å². The molecule has 1 amide bonds. The number of aromatic nitrogens is 1. The van der Waals surface area contributed by atoms with Crippen LogP contribution in [0.4, 0.5) is 5.69 Å². The van der Waals surface area contributed by atoms with Crippen molar-refractivity contribution in [2.24, 2.45) is 0 Å². The number of anilines is 1. The maximum atomic E-state index is 12.2. The number of benzene rings is 2. The Kier molecular flexibility index (Phi) is 3.46. The molecule has 0 atom stereocenters. The fourth-order valence-electron chi connectivity index (χ4n) is 1.97. The molecule has 1 heterocycles. The maximum Gasteiger partial charge on any atom is 0.274 e. The first-order valence-electron chi connectivity index (χ1n) is 6.29. The Bertz CT molecular complexity index is 833. The van der Waals surface area contributed by atoms with Gasteiger partial charge in [0.1, 0.15) is 11.4 Å². The highest BCUT2D eigenvalue weighted by molar-refractivity contribution is 6.32. The number of carbonyl (C=O) groups is 1. The molecule has 0 bridgehead atoms. The molecule has 0 aliphatic rings. The number of pyridine rings is 1. The predicted molar refractivity (Wildman–Crippen MR) is 82.8 cm³/mol. The van der Waals surface area contributed by atoms with Gasteiger partial charge >= 0.3 is 0 Å². The minimum atomic E-state index is -0.331. The molecular formula is C16H11ClN2O2. The van der Waals surface area contributed by atoms with Crippen molar-refractivity contribution in [3.05, 3.63) is 65.3 Å². The summed E-state index contributed by atoms with van der Waals surface area (Å²) < 4.78 is 0. The van der Waals surface area contributed by atoms with Crippen LogP contribution in [0.5, 0.6) is 5.75 Å². The van der Waals surface area contributed by atoms with Gasteiger partial charge in [-0.25, -0.2) is 4.98 Å². The lowest BCUT2D eigenvalue weighted by molar-refractivity contribution is 0.102. The Hall–Kier alpha value is -2.59. The first-order valence-corrected chi connectivity index (χ1v) is 6.67. The van der Waals surface area contributed by atoms with E-state index in [1.54, 1.807) is 12.1 Å². The standard InChI is InChI=1S/C16H11ClN2O2/c17-12-9-11(6-8-15(12)20)18-16(21)14-7-5-10-3-1-2-4-13(10)19-14/h1-9,20H,(H,18,21). The molecule has 2 aromatic carbocycles. The van der Waals surface area contributed by atoms with E-state index in [0.717, 1.165) is 10.9 Å². The second-order valence-electron chi connectivity index (χ2n) is 4.51. The Balaban J connectivity index is 1.87. The number of hydrogen-bond acceptors (Lipinski definition) is 3. The number of phenols is 1. The van der Waals surface area contributed by atoms with Crippen molar-refractivity contribution in [3.8, 4) is 5.75 Å². The van der Waals surface area contributed by atoms with Crippen LogP contribution in [0.15, 0.2) is 54.6 Å². The third-order valence-electron chi connectivity index (χ3n) is 3.04. The lowest BCUT2D eigenvalue weighted by Crippen LogP contribution is -2.13. The summed E-state index contributed by atoms with van der Waals surface area (Å²) in [5.41, 5.74) is 1.57. The molecule has 0 spiro atoms. The van der Waals surface area contributed by atoms with Crippen molar-refractivity contribution < 1.29 is 9.90 Å². The number of rotatable bonds is 2. The quantitative estimate of drug-likeness (QED) is 0.706. The van der Waals surface area contributed by atoms with E-state index in [1.807, 2.05) is 30.3 Å². The number of nitrogens with zero attached hydrogens (tertiary/aromatic N) is 1. The van der Waals surface area contributed by atoms with E-state index >= 15 is 0 Å². The highest BCUT2D eigenvalue weighted by Crippen LogP contribution is 2.26. The van der Waals surface area contributed by atoms with Gasteiger partial charge in [0.25, 0.3) is 5.91 Å². The molecule has 0 radical (unpaired) electrons. The van der Waals surface area contributed by atoms with E-state index in [-0.39, 0.29) is 16.7 Å². The minimum Gasteiger partial charge on any atom is -0.506 e. The molecule has 0 fully saturated rings. The van der Waals surface area contributed by atoms with Crippen molar-refractivity contribution in [2.75, 3.05) is 5.32 Å². The average Bonchev–Trinajstić information content (AvgIpc) is 2.50. The Morgan fingerprint density at radius 2 is 1.90 bits per heavy atom. The summed E-state index contributed by atoms with van der Waals surface area (Å²) in [6.45, 7) is 0. The van der Waals surface area contributed by atoms with E-state index in [4.69, 9.17) is 11.6 Å². The third kappa shape index (κ3) is 2.80. The van der Waals surface area contributed by atoms with Gasteiger partial charge in [-0.15, -0.1) is 0 Å². The van der Waals surface area contributed by atoms with Crippen LogP contribution >= 0.6 is 11.6 Å². The normalized spacial score (nSPS) is 10.5. The van der Waals surface area contributed by atoms with Crippen LogP contribution in [0.25, 0.3) is 10.9 Å². The molecule has 4 nitrogen and oxygen atoms in total. The number of phenolic OH excluding ortho intramolecular Hbond substituents is 1. The van der Waals surface area contributed by atoms with Gasteiger partial charge in [-0.3, -0.25) is 4.79 Å². The summed E-state index contributed by atoms with van der Waals surface area (Å²) >= 11 is 5.80. The SMILES string of the molecule is O=C(Nc1ccc(O)c(Cl)c1)c1ccc2ccccc2n1. The molecule has 104 valence electrons. The molecule has 3 aromatic rings. The van der Waals surface area contributed by atoms with Crippen LogP contribution in [0.1, 0.15) is 10.5 Å². The molecule has 21 heavy (non-hydrogen) atoms. The number of amides is 1. The zero-order valence-corrected chi connectivity index (χ0v) is 11.6. The van der Waals surface area contributed by atoms with Crippen LogP contribution in [-0.2, 0) is 0 Å². The van der Waals surface area contributed by atoms with Gasteiger partial charge in [0, 0.05) is 11.1 Å². The van der Waals surface area contributed by atoms with Gasteiger partial charge in [0.05, 0.1) is 10.5 Å². The van der Waals surface area contributed by atoms with E-state index in [1.165, 1.54) is 12.1 Å². The fourth-order valence-corrected chi connectivity index (χ4v) is 2.15. The van der Waals surface area contributed by atoms with Gasteiger partial charge in [0.2, 0.25) is 0 Å². The van der Waals surface area contributed by atoms with E-state index in [2.05, 4.69) is 10.3 Å². The zero-order valence-electron chi connectivity index (χ0n) is 10.9. The molecule has 5 heteroatoms. The van der Waals surface area contributed by atoms with Crippen LogP contribution in [0, 0.1) is 0 Å². The molecule has 0 unspecified atom stereocenters. The van der Waals surface area contributed by atoms with Crippen molar-refractivity contribution in [1.82, 2.24) is 4.98 Å². The number of nitrogens with one attached hydrogen (secondary N) is 1. The second-order valence-corrected chi connectivity index (χ2v) is 4.92. The van der Waals surface area contributed by atoms with Crippen molar-refractivity contribution >= 4 is 34.1 Å². The van der Waals surface area contributed by atoms with Gasteiger partial charge < -0.3 is 10.4 Å². The van der Waals surface area contributed by atoms with Gasteiger partial charge in [0.15, 0.2) is 0 Å². The van der Waals surface area contributed by atoms with E-state index in [9.17, 15) is 9.90 Å². The van der Waals surface area contributed by atoms with Gasteiger partial charge in [-0.2, -0.15) is 0 Å². The highest BCUT2D eigenvalue weighted by Gasteiger charge is 2.09. The number of halogens is 1. The van der Waals surface area contributed by atoms with Crippen molar-refractivity contribution in [3.63, 3.8) is 0 Å². The largest absolute Gasteiger partial charge is 0.506 e. The second kappa shape index (κ2) is 5.42. The van der Waals surface area contributed by atoms with Crippen molar-refractivity contribution in [2.45, 2.75) is 0 Å².